The van der Waals surface area contributed by atoms with Crippen molar-refractivity contribution in [2.24, 2.45) is 5.92 Å². The van der Waals surface area contributed by atoms with Gasteiger partial charge in [0, 0.05) is 37.7 Å². The summed E-state index contributed by atoms with van der Waals surface area (Å²) < 4.78 is 0. The van der Waals surface area contributed by atoms with Gasteiger partial charge in [0.1, 0.15) is 5.82 Å². The zero-order valence-electron chi connectivity index (χ0n) is 13.4. The lowest BCUT2D eigenvalue weighted by Gasteiger charge is -2.17. The Morgan fingerprint density at radius 3 is 2.95 bits per heavy atom. The number of hydrogen-bond acceptors (Lipinski definition) is 4. The highest BCUT2D eigenvalue weighted by atomic mass is 15.2. The van der Waals surface area contributed by atoms with Crippen molar-refractivity contribution in [1.82, 2.24) is 14.9 Å². The monoisotopic (exact) mass is 296 g/mol. The van der Waals surface area contributed by atoms with Crippen LogP contribution >= 0.6 is 0 Å². The van der Waals surface area contributed by atoms with Crippen LogP contribution < -0.4 is 5.32 Å². The minimum absolute atomic E-state index is 0.694. The highest BCUT2D eigenvalue weighted by molar-refractivity contribution is 5.36. The molecule has 0 radical (unpaired) electrons. The van der Waals surface area contributed by atoms with E-state index in [1.54, 1.807) is 0 Å². The van der Waals surface area contributed by atoms with Crippen LogP contribution in [0.1, 0.15) is 23.2 Å². The Hall–Kier alpha value is -1.94. The Morgan fingerprint density at radius 1 is 1.23 bits per heavy atom. The Morgan fingerprint density at radius 2 is 2.14 bits per heavy atom. The fourth-order valence-electron chi connectivity index (χ4n) is 3.03. The van der Waals surface area contributed by atoms with Crippen LogP contribution in [0.2, 0.25) is 0 Å². The lowest BCUT2D eigenvalue weighted by Crippen LogP contribution is -2.23. The summed E-state index contributed by atoms with van der Waals surface area (Å²) in [5, 5.41) is 3.47. The fraction of sp³-hybridized carbons (Fsp3) is 0.444. The number of aryl methyl sites for hydroxylation is 2. The van der Waals surface area contributed by atoms with E-state index >= 15 is 0 Å². The third kappa shape index (κ3) is 3.83. The number of anilines is 1. The molecule has 1 unspecified atom stereocenters. The molecular formula is C18H24N4. The van der Waals surface area contributed by atoms with Crippen LogP contribution in [0.4, 0.5) is 5.82 Å². The number of nitrogens with one attached hydrogen (secondary N) is 1. The Kier molecular flexibility index (Phi) is 4.68. The quantitative estimate of drug-likeness (QED) is 0.921. The van der Waals surface area contributed by atoms with E-state index in [9.17, 15) is 0 Å². The van der Waals surface area contributed by atoms with Crippen molar-refractivity contribution in [1.29, 1.82) is 0 Å². The van der Waals surface area contributed by atoms with Gasteiger partial charge in [-0.2, -0.15) is 0 Å². The first-order valence-corrected chi connectivity index (χ1v) is 8.00. The first-order valence-electron chi connectivity index (χ1n) is 8.00. The van der Waals surface area contributed by atoms with Crippen LogP contribution in [-0.4, -0.2) is 34.5 Å². The molecule has 1 atom stereocenters. The van der Waals surface area contributed by atoms with Gasteiger partial charge in [0.2, 0.25) is 0 Å². The SMILES string of the molecule is Cc1ccnc(NCC2CCN(Cc3cccnc3C)C2)c1. The number of pyridine rings is 2. The van der Waals surface area contributed by atoms with Gasteiger partial charge in [0.15, 0.2) is 0 Å². The molecule has 0 bridgehead atoms. The van der Waals surface area contributed by atoms with E-state index in [1.165, 1.54) is 24.1 Å². The standard InChI is InChI=1S/C18H24N4/c1-14-5-8-20-18(10-14)21-11-16-6-9-22(12-16)13-17-4-3-7-19-15(17)2/h3-5,7-8,10,16H,6,9,11-13H2,1-2H3,(H,20,21). The number of nitrogens with zero attached hydrogens (tertiary/aromatic N) is 3. The highest BCUT2D eigenvalue weighted by Gasteiger charge is 2.22. The fourth-order valence-corrected chi connectivity index (χ4v) is 3.03. The van der Waals surface area contributed by atoms with Gasteiger partial charge in [-0.1, -0.05) is 6.07 Å². The second kappa shape index (κ2) is 6.88. The van der Waals surface area contributed by atoms with Crippen LogP contribution in [0, 0.1) is 19.8 Å². The van der Waals surface area contributed by atoms with E-state index in [-0.39, 0.29) is 0 Å². The predicted molar refractivity (Wildman–Crippen MR) is 89.8 cm³/mol. The molecule has 0 saturated carbocycles. The second-order valence-electron chi connectivity index (χ2n) is 6.24. The van der Waals surface area contributed by atoms with Gasteiger partial charge < -0.3 is 5.32 Å². The summed E-state index contributed by atoms with van der Waals surface area (Å²) in [6.45, 7) is 8.52. The Bertz CT molecular complexity index is 626. The van der Waals surface area contributed by atoms with Crippen molar-refractivity contribution in [2.45, 2.75) is 26.8 Å². The number of aromatic nitrogens is 2. The van der Waals surface area contributed by atoms with Crippen molar-refractivity contribution in [3.63, 3.8) is 0 Å². The minimum Gasteiger partial charge on any atom is -0.370 e. The van der Waals surface area contributed by atoms with Gasteiger partial charge in [-0.15, -0.1) is 0 Å². The van der Waals surface area contributed by atoms with E-state index in [4.69, 9.17) is 0 Å². The van der Waals surface area contributed by atoms with Gasteiger partial charge in [-0.25, -0.2) is 4.98 Å². The van der Waals surface area contributed by atoms with Crippen molar-refractivity contribution in [3.05, 3.63) is 53.5 Å². The molecule has 0 amide bonds. The first-order chi connectivity index (χ1) is 10.7. The summed E-state index contributed by atoms with van der Waals surface area (Å²) in [5.41, 5.74) is 3.74. The molecule has 1 aliphatic heterocycles. The molecule has 22 heavy (non-hydrogen) atoms. The summed E-state index contributed by atoms with van der Waals surface area (Å²) >= 11 is 0. The van der Waals surface area contributed by atoms with Crippen LogP contribution in [0.15, 0.2) is 36.7 Å². The van der Waals surface area contributed by atoms with Gasteiger partial charge >= 0.3 is 0 Å². The number of hydrogen-bond donors (Lipinski definition) is 1. The van der Waals surface area contributed by atoms with Gasteiger partial charge in [0.05, 0.1) is 0 Å². The first kappa shape index (κ1) is 15.0. The van der Waals surface area contributed by atoms with Gasteiger partial charge in [0.25, 0.3) is 0 Å². The maximum Gasteiger partial charge on any atom is 0.126 e. The molecule has 1 fully saturated rings. The lowest BCUT2D eigenvalue weighted by molar-refractivity contribution is 0.318. The lowest BCUT2D eigenvalue weighted by atomic mass is 10.1. The molecule has 0 spiro atoms. The topological polar surface area (TPSA) is 41.1 Å². The van der Waals surface area contributed by atoms with E-state index in [0.29, 0.717) is 5.92 Å². The third-order valence-corrected chi connectivity index (χ3v) is 4.37. The zero-order chi connectivity index (χ0) is 15.4. The van der Waals surface area contributed by atoms with E-state index in [0.717, 1.165) is 31.1 Å². The number of rotatable bonds is 5. The van der Waals surface area contributed by atoms with Crippen molar-refractivity contribution in [2.75, 3.05) is 25.0 Å². The van der Waals surface area contributed by atoms with E-state index < -0.39 is 0 Å². The largest absolute Gasteiger partial charge is 0.370 e. The van der Waals surface area contributed by atoms with Crippen LogP contribution in [0.25, 0.3) is 0 Å². The summed E-state index contributed by atoms with van der Waals surface area (Å²) in [7, 11) is 0. The maximum atomic E-state index is 4.38. The summed E-state index contributed by atoms with van der Waals surface area (Å²) in [4.78, 5) is 11.3. The number of likely N-dealkylation sites (tertiary alicyclic amines) is 1. The normalized spacial score (nSPS) is 18.5. The van der Waals surface area contributed by atoms with Gasteiger partial charge in [-0.05, 0) is 62.1 Å². The van der Waals surface area contributed by atoms with Crippen LogP contribution in [-0.2, 0) is 6.54 Å². The molecule has 4 heteroatoms. The highest BCUT2D eigenvalue weighted by Crippen LogP contribution is 2.20. The molecule has 2 aromatic rings. The van der Waals surface area contributed by atoms with Crippen LogP contribution in [0.5, 0.6) is 0 Å². The summed E-state index contributed by atoms with van der Waals surface area (Å²) in [5.74, 6) is 1.68. The maximum absolute atomic E-state index is 4.38. The smallest absolute Gasteiger partial charge is 0.126 e. The van der Waals surface area contributed by atoms with Crippen LogP contribution in [0.3, 0.4) is 0 Å². The predicted octanol–water partition coefficient (Wildman–Crippen LogP) is 3.03. The average Bonchev–Trinajstić information content (AvgIpc) is 2.95. The molecule has 1 saturated heterocycles. The van der Waals surface area contributed by atoms with E-state index in [2.05, 4.69) is 46.2 Å². The molecule has 1 aliphatic rings. The average molecular weight is 296 g/mol. The molecule has 0 aromatic carbocycles. The Labute approximate surface area is 132 Å². The third-order valence-electron chi connectivity index (χ3n) is 4.37. The summed E-state index contributed by atoms with van der Waals surface area (Å²) in [6.07, 6.45) is 4.98. The molecule has 4 nitrogen and oxygen atoms in total. The minimum atomic E-state index is 0.694. The molecule has 3 rings (SSSR count). The van der Waals surface area contributed by atoms with Gasteiger partial charge in [-0.3, -0.25) is 9.88 Å². The second-order valence-corrected chi connectivity index (χ2v) is 6.24. The molecule has 116 valence electrons. The molecular weight excluding hydrogens is 272 g/mol. The van der Waals surface area contributed by atoms with E-state index in [1.807, 2.05) is 24.5 Å². The molecule has 0 aliphatic carbocycles. The van der Waals surface area contributed by atoms with Crippen molar-refractivity contribution in [3.8, 4) is 0 Å². The molecule has 1 N–H and O–H groups in total. The Balaban J connectivity index is 1.49. The molecule has 3 heterocycles. The summed E-state index contributed by atoms with van der Waals surface area (Å²) in [6, 6.07) is 8.34. The molecule has 2 aromatic heterocycles. The van der Waals surface area contributed by atoms with Crippen molar-refractivity contribution >= 4 is 5.82 Å². The zero-order valence-corrected chi connectivity index (χ0v) is 13.4. The van der Waals surface area contributed by atoms with Crippen molar-refractivity contribution < 1.29 is 0 Å².